The summed E-state index contributed by atoms with van der Waals surface area (Å²) in [5.41, 5.74) is -0.376. The highest BCUT2D eigenvalue weighted by molar-refractivity contribution is 7.09. The van der Waals surface area contributed by atoms with Gasteiger partial charge in [0.1, 0.15) is 5.78 Å². The molecule has 7 heteroatoms. The molecule has 6 nitrogen and oxygen atoms in total. The quantitative estimate of drug-likeness (QED) is 0.535. The van der Waals surface area contributed by atoms with E-state index in [2.05, 4.69) is 41.7 Å². The van der Waals surface area contributed by atoms with E-state index < -0.39 is 23.5 Å². The standard InChI is InChI=1S/C27H44N2O4S/c1-17-12-10-8-9-11-13-21(26(4,5)15-20-16-34-19(3)28-20)29-23(31)14-22(30)27(6,7)25(33)18(2)24(17)32/h9,11,16-18,21-22,24,30,32H,8,10,12-15H2,1-7H3,(H,29,31)/b11-9-/t17-,18-,21-,22-,24+/m0/s1. The van der Waals surface area contributed by atoms with Crippen molar-refractivity contribution in [2.24, 2.45) is 22.7 Å². The highest BCUT2D eigenvalue weighted by Crippen LogP contribution is 2.33. The van der Waals surface area contributed by atoms with E-state index in [1.165, 1.54) is 0 Å². The topological polar surface area (TPSA) is 99.5 Å². The van der Waals surface area contributed by atoms with Crippen LogP contribution < -0.4 is 5.32 Å². The molecule has 0 radical (unpaired) electrons. The number of thiazole rings is 1. The van der Waals surface area contributed by atoms with Crippen molar-refractivity contribution in [3.8, 4) is 0 Å². The van der Waals surface area contributed by atoms with Gasteiger partial charge in [-0.1, -0.05) is 53.7 Å². The second-order valence-corrected chi connectivity index (χ2v) is 12.4. The smallest absolute Gasteiger partial charge is 0.222 e. The van der Waals surface area contributed by atoms with E-state index in [4.69, 9.17) is 0 Å². The molecule has 0 aromatic carbocycles. The van der Waals surface area contributed by atoms with Gasteiger partial charge in [-0.25, -0.2) is 4.98 Å². The van der Waals surface area contributed by atoms with Gasteiger partial charge in [-0.2, -0.15) is 0 Å². The predicted octanol–water partition coefficient (Wildman–Crippen LogP) is 4.61. The number of ketones is 1. The number of carbonyl (C=O) groups is 2. The second-order valence-electron chi connectivity index (χ2n) is 11.3. The Hall–Kier alpha value is -1.57. The molecular formula is C27H44N2O4S. The highest BCUT2D eigenvalue weighted by atomic mass is 32.1. The van der Waals surface area contributed by atoms with Gasteiger partial charge in [0, 0.05) is 17.3 Å². The van der Waals surface area contributed by atoms with Crippen LogP contribution in [0.5, 0.6) is 0 Å². The first kappa shape index (κ1) is 28.7. The highest BCUT2D eigenvalue weighted by Gasteiger charge is 2.42. The number of hydrogen-bond acceptors (Lipinski definition) is 6. The van der Waals surface area contributed by atoms with Gasteiger partial charge in [-0.3, -0.25) is 9.59 Å². The average molecular weight is 493 g/mol. The lowest BCUT2D eigenvalue weighted by atomic mass is 9.72. The van der Waals surface area contributed by atoms with Crippen LogP contribution in [-0.2, 0) is 16.0 Å². The summed E-state index contributed by atoms with van der Waals surface area (Å²) >= 11 is 1.62. The summed E-state index contributed by atoms with van der Waals surface area (Å²) in [5, 5.41) is 27.9. The van der Waals surface area contributed by atoms with E-state index in [1.807, 2.05) is 13.8 Å². The number of rotatable bonds is 3. The maximum absolute atomic E-state index is 13.2. The van der Waals surface area contributed by atoms with Gasteiger partial charge in [0.05, 0.1) is 34.7 Å². The molecule has 0 fully saturated rings. The fourth-order valence-corrected chi connectivity index (χ4v) is 5.43. The van der Waals surface area contributed by atoms with Gasteiger partial charge in [-0.15, -0.1) is 11.3 Å². The van der Waals surface area contributed by atoms with Crippen LogP contribution >= 0.6 is 11.3 Å². The van der Waals surface area contributed by atoms with Gasteiger partial charge in [-0.05, 0) is 50.4 Å². The number of aromatic nitrogens is 1. The Morgan fingerprint density at radius 2 is 1.88 bits per heavy atom. The number of aliphatic hydroxyl groups is 2. The van der Waals surface area contributed by atoms with Crippen LogP contribution in [0.1, 0.15) is 84.3 Å². The number of carbonyl (C=O) groups excluding carboxylic acids is 2. The summed E-state index contributed by atoms with van der Waals surface area (Å²) in [6.45, 7) is 13.3. The van der Waals surface area contributed by atoms with Crippen LogP contribution in [0.2, 0.25) is 0 Å². The van der Waals surface area contributed by atoms with E-state index >= 15 is 0 Å². The summed E-state index contributed by atoms with van der Waals surface area (Å²) in [6, 6.07) is -0.142. The monoisotopic (exact) mass is 492 g/mol. The molecule has 0 saturated heterocycles. The van der Waals surface area contributed by atoms with E-state index in [9.17, 15) is 19.8 Å². The van der Waals surface area contributed by atoms with Crippen LogP contribution in [0.15, 0.2) is 17.5 Å². The Morgan fingerprint density at radius 1 is 1.21 bits per heavy atom. The van der Waals surface area contributed by atoms with Crippen LogP contribution in [0, 0.1) is 29.6 Å². The van der Waals surface area contributed by atoms with E-state index in [-0.39, 0.29) is 35.5 Å². The number of hydrogen-bond donors (Lipinski definition) is 3. The van der Waals surface area contributed by atoms with Crippen molar-refractivity contribution in [3.05, 3.63) is 28.2 Å². The number of aryl methyl sites for hydroxylation is 1. The largest absolute Gasteiger partial charge is 0.392 e. The van der Waals surface area contributed by atoms with Gasteiger partial charge in [0.2, 0.25) is 5.91 Å². The van der Waals surface area contributed by atoms with Crippen molar-refractivity contribution in [3.63, 3.8) is 0 Å². The molecule has 0 spiro atoms. The maximum Gasteiger partial charge on any atom is 0.222 e. The molecule has 0 aliphatic carbocycles. The lowest BCUT2D eigenvalue weighted by Gasteiger charge is -2.36. The van der Waals surface area contributed by atoms with E-state index in [1.54, 1.807) is 32.1 Å². The predicted molar refractivity (Wildman–Crippen MR) is 138 cm³/mol. The molecule has 34 heavy (non-hydrogen) atoms. The number of Topliss-reactive ketones (excluding diaryl/α,β-unsaturated/α-hetero) is 1. The summed E-state index contributed by atoms with van der Waals surface area (Å²) < 4.78 is 0. The molecule has 0 unspecified atom stereocenters. The third-order valence-electron chi connectivity index (χ3n) is 7.51. The van der Waals surface area contributed by atoms with E-state index in [0.29, 0.717) is 6.42 Å². The number of amides is 1. The molecule has 1 aliphatic rings. The molecule has 192 valence electrons. The first-order valence-electron chi connectivity index (χ1n) is 12.5. The lowest BCUT2D eigenvalue weighted by molar-refractivity contribution is -0.143. The molecular weight excluding hydrogens is 448 g/mol. The van der Waals surface area contributed by atoms with Crippen LogP contribution in [0.3, 0.4) is 0 Å². The van der Waals surface area contributed by atoms with Crippen molar-refractivity contribution in [2.45, 2.75) is 105 Å². The minimum Gasteiger partial charge on any atom is -0.392 e. The third kappa shape index (κ3) is 7.46. The minimum absolute atomic E-state index is 0.0234. The summed E-state index contributed by atoms with van der Waals surface area (Å²) in [6.07, 6.45) is 6.21. The normalized spacial score (nSPS) is 31.1. The summed E-state index contributed by atoms with van der Waals surface area (Å²) in [4.78, 5) is 30.8. The molecule has 1 aromatic rings. The number of aliphatic hydroxyl groups excluding tert-OH is 2. The van der Waals surface area contributed by atoms with Crippen LogP contribution in [0.4, 0.5) is 0 Å². The first-order chi connectivity index (χ1) is 15.8. The fourth-order valence-electron chi connectivity index (χ4n) is 4.81. The van der Waals surface area contributed by atoms with Crippen molar-refractivity contribution in [1.82, 2.24) is 10.3 Å². The maximum atomic E-state index is 13.2. The molecule has 5 atom stereocenters. The van der Waals surface area contributed by atoms with Gasteiger partial charge >= 0.3 is 0 Å². The zero-order chi connectivity index (χ0) is 25.7. The SMILES string of the molecule is Cc1nc(CC(C)(C)[C@@H]2C/C=C\CCC[C@H](C)[C@@H](O)[C@H](C)C(=O)C(C)(C)[C@@H](O)CC(=O)N2)cs1. The number of nitrogens with one attached hydrogen (secondary N) is 1. The Balaban J connectivity index is 2.27. The molecule has 1 aliphatic heterocycles. The van der Waals surface area contributed by atoms with Gasteiger partial charge < -0.3 is 15.5 Å². The zero-order valence-electron chi connectivity index (χ0n) is 21.9. The second kappa shape index (κ2) is 11.9. The molecule has 2 rings (SSSR count). The van der Waals surface area contributed by atoms with Crippen LogP contribution in [0.25, 0.3) is 0 Å². The Bertz CT molecular complexity index is 861. The molecule has 2 heterocycles. The van der Waals surface area contributed by atoms with Crippen LogP contribution in [-0.4, -0.2) is 45.1 Å². The molecule has 1 aromatic heterocycles. The van der Waals surface area contributed by atoms with Crippen molar-refractivity contribution < 1.29 is 19.8 Å². The Kier molecular flexibility index (Phi) is 10.0. The molecule has 0 saturated carbocycles. The molecule has 0 bridgehead atoms. The van der Waals surface area contributed by atoms with Gasteiger partial charge in [0.25, 0.3) is 0 Å². The number of nitrogens with zero attached hydrogens (tertiary/aromatic N) is 1. The van der Waals surface area contributed by atoms with Crippen molar-refractivity contribution in [1.29, 1.82) is 0 Å². The summed E-state index contributed by atoms with van der Waals surface area (Å²) in [7, 11) is 0. The Morgan fingerprint density at radius 3 is 2.50 bits per heavy atom. The third-order valence-corrected chi connectivity index (χ3v) is 8.33. The van der Waals surface area contributed by atoms with Gasteiger partial charge in [0.15, 0.2) is 0 Å². The number of allylic oxidation sites excluding steroid dienone is 1. The molecule has 3 N–H and O–H groups in total. The molecule has 1 amide bonds. The Labute approximate surface area is 209 Å². The van der Waals surface area contributed by atoms with E-state index in [0.717, 1.165) is 36.4 Å². The fraction of sp³-hybridized carbons (Fsp3) is 0.741. The van der Waals surface area contributed by atoms with Crippen molar-refractivity contribution in [2.75, 3.05) is 0 Å². The zero-order valence-corrected chi connectivity index (χ0v) is 22.7. The average Bonchev–Trinajstić information content (AvgIpc) is 3.16. The first-order valence-corrected chi connectivity index (χ1v) is 13.4. The summed E-state index contributed by atoms with van der Waals surface area (Å²) in [5.74, 6) is -1.12. The minimum atomic E-state index is -1.14. The lowest BCUT2D eigenvalue weighted by Crippen LogP contribution is -2.49. The van der Waals surface area contributed by atoms with Crippen molar-refractivity contribution >= 4 is 23.0 Å².